The summed E-state index contributed by atoms with van der Waals surface area (Å²) in [7, 11) is 1.50. The maximum atomic E-state index is 13.8. The highest BCUT2D eigenvalue weighted by molar-refractivity contribution is 8.00. The van der Waals surface area contributed by atoms with Crippen LogP contribution in [0.2, 0.25) is 0 Å². The molecular weight excluding hydrogens is 542 g/mol. The SMILES string of the molecule is COc1cc(C2c3sc(=O)[nH]c3SC3C(=O)N(c4ccccc4)C(=O)C32)ccc1OCC(=O)N1CCOCC1. The van der Waals surface area contributed by atoms with Crippen molar-refractivity contribution >= 4 is 46.5 Å². The Hall–Kier alpha value is -3.61. The number of rotatable bonds is 6. The molecule has 3 aliphatic heterocycles. The van der Waals surface area contributed by atoms with Crippen LogP contribution in [0.1, 0.15) is 16.4 Å². The monoisotopic (exact) mass is 567 g/mol. The Kier molecular flexibility index (Phi) is 6.92. The molecule has 39 heavy (non-hydrogen) atoms. The molecule has 3 unspecified atom stereocenters. The number of anilines is 1. The number of fused-ring (bicyclic) bond motifs is 2. The number of amides is 3. The Balaban J connectivity index is 1.32. The largest absolute Gasteiger partial charge is 0.493 e. The van der Waals surface area contributed by atoms with E-state index >= 15 is 0 Å². The Morgan fingerprint density at radius 2 is 1.82 bits per heavy atom. The van der Waals surface area contributed by atoms with E-state index in [1.807, 2.05) is 6.07 Å². The molecule has 202 valence electrons. The smallest absolute Gasteiger partial charge is 0.305 e. The molecule has 0 spiro atoms. The van der Waals surface area contributed by atoms with Crippen molar-refractivity contribution in [1.29, 1.82) is 0 Å². The molecule has 0 radical (unpaired) electrons. The molecule has 6 rings (SSSR count). The molecule has 4 heterocycles. The second-order valence-corrected chi connectivity index (χ2v) is 11.5. The number of carbonyl (C=O) groups excluding carboxylic acids is 3. The number of aromatic nitrogens is 1. The molecule has 1 N–H and O–H groups in total. The van der Waals surface area contributed by atoms with Gasteiger partial charge in [0.15, 0.2) is 18.1 Å². The lowest BCUT2D eigenvalue weighted by atomic mass is 9.83. The van der Waals surface area contributed by atoms with Crippen molar-refractivity contribution in [2.75, 3.05) is 44.9 Å². The number of imide groups is 1. The molecule has 1 aromatic heterocycles. The fourth-order valence-electron chi connectivity index (χ4n) is 5.25. The Morgan fingerprint density at radius 1 is 1.05 bits per heavy atom. The number of benzene rings is 2. The summed E-state index contributed by atoms with van der Waals surface area (Å²) in [5.74, 6) is -1.24. The minimum Gasteiger partial charge on any atom is -0.493 e. The van der Waals surface area contributed by atoms with Crippen LogP contribution in [0, 0.1) is 5.92 Å². The average Bonchev–Trinajstić information content (AvgIpc) is 3.46. The normalized spacial score (nSPS) is 22.4. The van der Waals surface area contributed by atoms with Gasteiger partial charge in [0, 0.05) is 23.9 Å². The zero-order valence-electron chi connectivity index (χ0n) is 21.0. The van der Waals surface area contributed by atoms with Gasteiger partial charge in [0.1, 0.15) is 5.25 Å². The van der Waals surface area contributed by atoms with Crippen LogP contribution in [-0.2, 0) is 19.1 Å². The van der Waals surface area contributed by atoms with Crippen LogP contribution in [0.15, 0.2) is 58.4 Å². The van der Waals surface area contributed by atoms with E-state index in [0.717, 1.165) is 11.3 Å². The molecule has 3 atom stereocenters. The summed E-state index contributed by atoms with van der Waals surface area (Å²) in [6, 6.07) is 14.1. The van der Waals surface area contributed by atoms with E-state index in [9.17, 15) is 19.2 Å². The zero-order chi connectivity index (χ0) is 27.1. The molecule has 2 aromatic carbocycles. The first-order valence-corrected chi connectivity index (χ1v) is 14.1. The Bertz CT molecular complexity index is 1480. The van der Waals surface area contributed by atoms with Crippen LogP contribution in [-0.4, -0.2) is 72.9 Å². The number of para-hydroxylation sites is 1. The number of hydrogen-bond donors (Lipinski definition) is 1. The van der Waals surface area contributed by atoms with E-state index in [0.29, 0.717) is 59.0 Å². The summed E-state index contributed by atoms with van der Waals surface area (Å²) in [5.41, 5.74) is 1.23. The van der Waals surface area contributed by atoms with Crippen LogP contribution in [0.5, 0.6) is 11.5 Å². The van der Waals surface area contributed by atoms with Crippen molar-refractivity contribution in [3.63, 3.8) is 0 Å². The molecule has 10 nitrogen and oxygen atoms in total. The number of ether oxygens (including phenoxy) is 3. The summed E-state index contributed by atoms with van der Waals surface area (Å²) in [6.45, 7) is 1.90. The third kappa shape index (κ3) is 4.62. The molecule has 12 heteroatoms. The van der Waals surface area contributed by atoms with Crippen LogP contribution in [0.25, 0.3) is 0 Å². The van der Waals surface area contributed by atoms with Crippen molar-refractivity contribution in [2.24, 2.45) is 5.92 Å². The van der Waals surface area contributed by atoms with Gasteiger partial charge in [-0.1, -0.05) is 47.4 Å². The van der Waals surface area contributed by atoms with Gasteiger partial charge in [0.2, 0.25) is 11.8 Å². The number of aromatic amines is 1. The summed E-state index contributed by atoms with van der Waals surface area (Å²) < 4.78 is 16.7. The second kappa shape index (κ2) is 10.5. The van der Waals surface area contributed by atoms with E-state index in [1.165, 1.54) is 23.8 Å². The Labute approximate surface area is 231 Å². The van der Waals surface area contributed by atoms with Gasteiger partial charge in [-0.2, -0.15) is 0 Å². The van der Waals surface area contributed by atoms with E-state index < -0.39 is 17.1 Å². The number of nitrogens with zero attached hydrogens (tertiary/aromatic N) is 2. The summed E-state index contributed by atoms with van der Waals surface area (Å²) in [6.07, 6.45) is 0. The van der Waals surface area contributed by atoms with Crippen molar-refractivity contribution in [3.05, 3.63) is 68.6 Å². The van der Waals surface area contributed by atoms with E-state index in [2.05, 4.69) is 4.98 Å². The van der Waals surface area contributed by atoms with Gasteiger partial charge >= 0.3 is 4.87 Å². The van der Waals surface area contributed by atoms with Crippen LogP contribution >= 0.6 is 23.1 Å². The summed E-state index contributed by atoms with van der Waals surface area (Å²) in [5, 5.41) is -0.0868. The molecular formula is C27H25N3O7S2. The van der Waals surface area contributed by atoms with E-state index in [4.69, 9.17) is 14.2 Å². The van der Waals surface area contributed by atoms with Crippen molar-refractivity contribution in [1.82, 2.24) is 9.88 Å². The quantitative estimate of drug-likeness (QED) is 0.452. The maximum absolute atomic E-state index is 13.8. The number of hydrogen-bond acceptors (Lipinski definition) is 9. The van der Waals surface area contributed by atoms with Gasteiger partial charge in [-0.3, -0.25) is 19.2 Å². The lowest BCUT2D eigenvalue weighted by Gasteiger charge is -2.30. The Morgan fingerprint density at radius 3 is 2.56 bits per heavy atom. The summed E-state index contributed by atoms with van der Waals surface area (Å²) in [4.78, 5) is 58.5. The van der Waals surface area contributed by atoms with Gasteiger partial charge in [0.25, 0.3) is 5.91 Å². The van der Waals surface area contributed by atoms with Crippen molar-refractivity contribution < 1.29 is 28.6 Å². The molecule has 2 saturated heterocycles. The zero-order valence-corrected chi connectivity index (χ0v) is 22.6. The van der Waals surface area contributed by atoms with Gasteiger partial charge in [-0.05, 0) is 29.8 Å². The van der Waals surface area contributed by atoms with Crippen LogP contribution < -0.4 is 19.2 Å². The fraction of sp³-hybridized carbons (Fsp3) is 0.333. The number of thioether (sulfide) groups is 1. The van der Waals surface area contributed by atoms with Crippen LogP contribution in [0.4, 0.5) is 5.69 Å². The molecule has 2 fully saturated rings. The number of methoxy groups -OCH3 is 1. The highest BCUT2D eigenvalue weighted by atomic mass is 32.2. The first kappa shape index (κ1) is 25.7. The van der Waals surface area contributed by atoms with Gasteiger partial charge in [0.05, 0.1) is 37.0 Å². The highest BCUT2D eigenvalue weighted by Crippen LogP contribution is 2.53. The lowest BCUT2D eigenvalue weighted by molar-refractivity contribution is -0.137. The third-order valence-corrected chi connectivity index (χ3v) is 9.50. The molecule has 0 bridgehead atoms. The van der Waals surface area contributed by atoms with Crippen LogP contribution in [0.3, 0.4) is 0 Å². The van der Waals surface area contributed by atoms with Crippen molar-refractivity contribution in [3.8, 4) is 11.5 Å². The lowest BCUT2D eigenvalue weighted by Crippen LogP contribution is -2.43. The minimum atomic E-state index is -0.707. The average molecular weight is 568 g/mol. The van der Waals surface area contributed by atoms with Gasteiger partial charge < -0.3 is 24.1 Å². The highest BCUT2D eigenvalue weighted by Gasteiger charge is 2.56. The second-order valence-electron chi connectivity index (χ2n) is 9.29. The number of carbonyl (C=O) groups is 3. The predicted molar refractivity (Wildman–Crippen MR) is 145 cm³/mol. The molecule has 3 amide bonds. The van der Waals surface area contributed by atoms with E-state index in [-0.39, 0.29) is 29.2 Å². The fourth-order valence-corrected chi connectivity index (χ4v) is 7.76. The number of thiazole rings is 1. The minimum absolute atomic E-state index is 0.144. The van der Waals surface area contributed by atoms with Gasteiger partial charge in [-0.15, -0.1) is 0 Å². The van der Waals surface area contributed by atoms with Crippen molar-refractivity contribution in [2.45, 2.75) is 16.2 Å². The standard InChI is InChI=1S/C27H25N3O7S2/c1-35-18-13-15(7-8-17(18)37-14-19(31)29-9-11-36-12-10-29)20-21-23(38-24-22(20)39-27(34)28-24)26(33)30(25(21)32)16-5-3-2-4-6-16/h2-8,13,20-21,23H,9-12,14H2,1H3,(H,28,34). The number of morpholine rings is 1. The molecule has 3 aromatic rings. The first-order chi connectivity index (χ1) is 19.0. The topological polar surface area (TPSA) is 118 Å². The number of H-pyrrole nitrogens is 1. The maximum Gasteiger partial charge on any atom is 0.305 e. The number of nitrogens with one attached hydrogen (secondary N) is 1. The predicted octanol–water partition coefficient (Wildman–Crippen LogP) is 2.48. The van der Waals surface area contributed by atoms with Gasteiger partial charge in [-0.25, -0.2) is 4.90 Å². The third-order valence-electron chi connectivity index (χ3n) is 7.10. The molecule has 3 aliphatic rings. The van der Waals surface area contributed by atoms with E-state index in [1.54, 1.807) is 47.4 Å². The summed E-state index contributed by atoms with van der Waals surface area (Å²) >= 11 is 2.27. The molecule has 0 saturated carbocycles. The molecule has 0 aliphatic carbocycles. The first-order valence-electron chi connectivity index (χ1n) is 12.4.